The molecule has 3 heteroatoms. The first-order valence-electron chi connectivity index (χ1n) is 5.19. The Bertz CT molecular complexity index is 389. The molecular formula is C12H16N2O. The minimum Gasteiger partial charge on any atom is -0.372 e. The lowest BCUT2D eigenvalue weighted by atomic mass is 10.1. The van der Waals surface area contributed by atoms with Crippen LogP contribution < -0.4 is 9.80 Å². The Kier molecular flexibility index (Phi) is 2.39. The Balaban J connectivity index is 2.52. The minimum absolute atomic E-state index is 0.0485. The fourth-order valence-corrected chi connectivity index (χ4v) is 2.11. The molecule has 1 aromatic carbocycles. The van der Waals surface area contributed by atoms with E-state index in [0.717, 1.165) is 17.9 Å². The van der Waals surface area contributed by atoms with Gasteiger partial charge in [0.25, 0.3) is 0 Å². The van der Waals surface area contributed by atoms with Gasteiger partial charge in [0, 0.05) is 20.6 Å². The maximum Gasteiger partial charge on any atom is 0.231 e. The van der Waals surface area contributed by atoms with Crippen molar-refractivity contribution in [3.63, 3.8) is 0 Å². The highest BCUT2D eigenvalue weighted by atomic mass is 16.2. The summed E-state index contributed by atoms with van der Waals surface area (Å²) in [4.78, 5) is 15.8. The molecule has 0 aromatic heterocycles. The largest absolute Gasteiger partial charge is 0.372 e. The molecule has 0 N–H and O–H groups in total. The lowest BCUT2D eigenvalue weighted by molar-refractivity contribution is -0.121. The van der Waals surface area contributed by atoms with Crippen molar-refractivity contribution in [2.75, 3.05) is 30.4 Å². The van der Waals surface area contributed by atoms with Crippen molar-refractivity contribution in [1.29, 1.82) is 0 Å². The molecule has 0 unspecified atom stereocenters. The van der Waals surface area contributed by atoms with Gasteiger partial charge in [-0.05, 0) is 12.1 Å². The number of hydrogen-bond donors (Lipinski definition) is 0. The van der Waals surface area contributed by atoms with Gasteiger partial charge in [-0.15, -0.1) is 0 Å². The molecule has 0 fully saturated rings. The molecule has 1 aliphatic heterocycles. The first-order valence-corrected chi connectivity index (χ1v) is 5.19. The number of amides is 1. The summed E-state index contributed by atoms with van der Waals surface area (Å²) in [6.45, 7) is 2.75. The topological polar surface area (TPSA) is 23.6 Å². The standard InChI is InChI=1S/C12H16N2O/c1-9-8-13(2)10-6-4-5-7-11(10)14(3)12(9)15/h4-7,9H,8H2,1-3H3/t9-/m1/s1. The van der Waals surface area contributed by atoms with Crippen LogP contribution in [0.15, 0.2) is 24.3 Å². The quantitative estimate of drug-likeness (QED) is 0.642. The molecular weight excluding hydrogens is 188 g/mol. The van der Waals surface area contributed by atoms with E-state index >= 15 is 0 Å². The number of para-hydroxylation sites is 2. The molecule has 1 atom stereocenters. The number of benzene rings is 1. The molecule has 1 amide bonds. The van der Waals surface area contributed by atoms with Crippen LogP contribution in [0.3, 0.4) is 0 Å². The fraction of sp³-hybridized carbons (Fsp3) is 0.417. The molecule has 3 nitrogen and oxygen atoms in total. The predicted octanol–water partition coefficient (Wildman–Crippen LogP) is 1.74. The van der Waals surface area contributed by atoms with E-state index in [1.807, 2.05) is 39.2 Å². The van der Waals surface area contributed by atoms with E-state index in [2.05, 4.69) is 11.0 Å². The van der Waals surface area contributed by atoms with E-state index in [0.29, 0.717) is 0 Å². The van der Waals surface area contributed by atoms with Crippen molar-refractivity contribution in [3.05, 3.63) is 24.3 Å². The fourth-order valence-electron chi connectivity index (χ4n) is 2.11. The number of carbonyl (C=O) groups is 1. The Morgan fingerprint density at radius 1 is 1.20 bits per heavy atom. The molecule has 15 heavy (non-hydrogen) atoms. The second kappa shape index (κ2) is 3.57. The molecule has 1 aromatic rings. The number of carbonyl (C=O) groups excluding carboxylic acids is 1. The van der Waals surface area contributed by atoms with E-state index in [4.69, 9.17) is 0 Å². The van der Waals surface area contributed by atoms with Gasteiger partial charge in [0.1, 0.15) is 0 Å². The Hall–Kier alpha value is -1.51. The Labute approximate surface area is 90.3 Å². The van der Waals surface area contributed by atoms with Gasteiger partial charge in [0.05, 0.1) is 17.3 Å². The molecule has 0 saturated heterocycles. The van der Waals surface area contributed by atoms with Crippen LogP contribution in [-0.2, 0) is 4.79 Å². The third-order valence-electron chi connectivity index (χ3n) is 2.95. The zero-order chi connectivity index (χ0) is 11.0. The molecule has 2 rings (SSSR count). The maximum atomic E-state index is 12.0. The van der Waals surface area contributed by atoms with E-state index in [-0.39, 0.29) is 11.8 Å². The lowest BCUT2D eigenvalue weighted by Crippen LogP contribution is -2.33. The van der Waals surface area contributed by atoms with Crippen molar-refractivity contribution in [2.45, 2.75) is 6.92 Å². The van der Waals surface area contributed by atoms with Crippen molar-refractivity contribution >= 4 is 17.3 Å². The summed E-state index contributed by atoms with van der Waals surface area (Å²) < 4.78 is 0. The van der Waals surface area contributed by atoms with E-state index in [1.165, 1.54) is 0 Å². The monoisotopic (exact) mass is 204 g/mol. The number of rotatable bonds is 0. The average molecular weight is 204 g/mol. The van der Waals surface area contributed by atoms with E-state index < -0.39 is 0 Å². The third kappa shape index (κ3) is 1.58. The number of nitrogens with zero attached hydrogens (tertiary/aromatic N) is 2. The zero-order valence-electron chi connectivity index (χ0n) is 9.40. The van der Waals surface area contributed by atoms with Gasteiger partial charge in [-0.2, -0.15) is 0 Å². The summed E-state index contributed by atoms with van der Waals surface area (Å²) in [6, 6.07) is 8.01. The van der Waals surface area contributed by atoms with Gasteiger partial charge < -0.3 is 9.80 Å². The summed E-state index contributed by atoms with van der Waals surface area (Å²) in [6.07, 6.45) is 0. The van der Waals surface area contributed by atoms with Crippen LogP contribution in [0.25, 0.3) is 0 Å². The second-order valence-electron chi connectivity index (χ2n) is 4.17. The average Bonchev–Trinajstić information content (AvgIpc) is 2.33. The van der Waals surface area contributed by atoms with Gasteiger partial charge in [0.15, 0.2) is 0 Å². The molecule has 0 radical (unpaired) electrons. The number of anilines is 2. The van der Waals surface area contributed by atoms with Crippen LogP contribution in [0.1, 0.15) is 6.92 Å². The van der Waals surface area contributed by atoms with Gasteiger partial charge in [-0.25, -0.2) is 0 Å². The first-order chi connectivity index (χ1) is 7.11. The lowest BCUT2D eigenvalue weighted by Gasteiger charge is -2.20. The first kappa shape index (κ1) is 10.0. The molecule has 0 spiro atoms. The second-order valence-corrected chi connectivity index (χ2v) is 4.17. The highest BCUT2D eigenvalue weighted by Gasteiger charge is 2.26. The normalized spacial score (nSPS) is 21.3. The smallest absolute Gasteiger partial charge is 0.231 e. The van der Waals surface area contributed by atoms with Crippen LogP contribution in [0.5, 0.6) is 0 Å². The SMILES string of the molecule is C[C@@H]1CN(C)c2ccccc2N(C)C1=O. The van der Waals surface area contributed by atoms with Crippen LogP contribution in [0.2, 0.25) is 0 Å². The number of hydrogen-bond acceptors (Lipinski definition) is 2. The Morgan fingerprint density at radius 3 is 2.47 bits per heavy atom. The highest BCUT2D eigenvalue weighted by molar-refractivity contribution is 5.99. The Morgan fingerprint density at radius 2 is 1.80 bits per heavy atom. The molecule has 1 aliphatic rings. The molecule has 1 heterocycles. The van der Waals surface area contributed by atoms with Crippen LogP contribution >= 0.6 is 0 Å². The van der Waals surface area contributed by atoms with Crippen molar-refractivity contribution in [2.24, 2.45) is 5.92 Å². The van der Waals surface area contributed by atoms with Gasteiger partial charge in [-0.3, -0.25) is 4.79 Å². The van der Waals surface area contributed by atoms with E-state index in [1.54, 1.807) is 4.90 Å². The van der Waals surface area contributed by atoms with Crippen molar-refractivity contribution < 1.29 is 4.79 Å². The van der Waals surface area contributed by atoms with Crippen molar-refractivity contribution in [3.8, 4) is 0 Å². The predicted molar refractivity (Wildman–Crippen MR) is 62.3 cm³/mol. The van der Waals surface area contributed by atoms with Crippen molar-refractivity contribution in [1.82, 2.24) is 0 Å². The van der Waals surface area contributed by atoms with Gasteiger partial charge in [-0.1, -0.05) is 19.1 Å². The zero-order valence-corrected chi connectivity index (χ0v) is 9.40. The summed E-state index contributed by atoms with van der Waals surface area (Å²) in [5, 5.41) is 0. The minimum atomic E-state index is 0.0485. The highest BCUT2D eigenvalue weighted by Crippen LogP contribution is 2.31. The third-order valence-corrected chi connectivity index (χ3v) is 2.95. The number of fused-ring (bicyclic) bond motifs is 1. The molecule has 80 valence electrons. The summed E-state index contributed by atoms with van der Waals surface area (Å²) in [7, 11) is 3.87. The van der Waals surface area contributed by atoms with Gasteiger partial charge in [0.2, 0.25) is 5.91 Å². The van der Waals surface area contributed by atoms with Gasteiger partial charge >= 0.3 is 0 Å². The van der Waals surface area contributed by atoms with E-state index in [9.17, 15) is 4.79 Å². The molecule has 0 bridgehead atoms. The molecule has 0 saturated carbocycles. The molecule has 0 aliphatic carbocycles. The summed E-state index contributed by atoms with van der Waals surface area (Å²) in [5.74, 6) is 0.235. The van der Waals surface area contributed by atoms with Crippen LogP contribution in [0, 0.1) is 5.92 Å². The summed E-state index contributed by atoms with van der Waals surface area (Å²) in [5.41, 5.74) is 2.12. The summed E-state index contributed by atoms with van der Waals surface area (Å²) >= 11 is 0. The maximum absolute atomic E-state index is 12.0. The van der Waals surface area contributed by atoms with Crippen LogP contribution in [-0.4, -0.2) is 26.5 Å². The van der Waals surface area contributed by atoms with Crippen LogP contribution in [0.4, 0.5) is 11.4 Å².